The molecule has 0 unspecified atom stereocenters. The SMILES string of the molecule is CCCCCNC(=O)C1CCN(C(=O)c2cc(C)nc3onc(C)c23)CC1. The zero-order valence-corrected chi connectivity index (χ0v) is 16.4. The molecular formula is C20H28N4O3. The summed E-state index contributed by atoms with van der Waals surface area (Å²) < 4.78 is 5.23. The van der Waals surface area contributed by atoms with Gasteiger partial charge >= 0.3 is 0 Å². The number of hydrogen-bond acceptors (Lipinski definition) is 5. The molecule has 2 aromatic heterocycles. The van der Waals surface area contributed by atoms with Crippen LogP contribution in [0.25, 0.3) is 11.1 Å². The van der Waals surface area contributed by atoms with E-state index < -0.39 is 0 Å². The molecule has 0 aromatic carbocycles. The Bertz CT molecular complexity index is 822. The van der Waals surface area contributed by atoms with Crippen LogP contribution in [0.1, 0.15) is 60.8 Å². The number of nitrogens with zero attached hydrogens (tertiary/aromatic N) is 3. The molecule has 0 radical (unpaired) electrons. The van der Waals surface area contributed by atoms with Gasteiger partial charge < -0.3 is 14.7 Å². The highest BCUT2D eigenvalue weighted by Crippen LogP contribution is 2.25. The molecule has 1 N–H and O–H groups in total. The molecule has 7 nitrogen and oxygen atoms in total. The molecule has 0 aliphatic carbocycles. The maximum Gasteiger partial charge on any atom is 0.258 e. The van der Waals surface area contributed by atoms with Gasteiger partial charge in [-0.25, -0.2) is 4.98 Å². The molecule has 1 fully saturated rings. The van der Waals surface area contributed by atoms with E-state index in [2.05, 4.69) is 22.4 Å². The fourth-order valence-corrected chi connectivity index (χ4v) is 3.63. The number of likely N-dealkylation sites (tertiary alicyclic amines) is 1. The van der Waals surface area contributed by atoms with E-state index in [0.717, 1.165) is 31.5 Å². The molecule has 146 valence electrons. The van der Waals surface area contributed by atoms with Gasteiger partial charge in [-0.3, -0.25) is 9.59 Å². The second-order valence-electron chi connectivity index (χ2n) is 7.32. The third-order valence-corrected chi connectivity index (χ3v) is 5.21. The van der Waals surface area contributed by atoms with Gasteiger partial charge in [-0.05, 0) is 39.2 Å². The van der Waals surface area contributed by atoms with E-state index in [9.17, 15) is 9.59 Å². The summed E-state index contributed by atoms with van der Waals surface area (Å²) in [5, 5.41) is 7.65. The Morgan fingerprint density at radius 1 is 1.26 bits per heavy atom. The van der Waals surface area contributed by atoms with E-state index in [1.54, 1.807) is 6.07 Å². The number of amides is 2. The predicted molar refractivity (Wildman–Crippen MR) is 102 cm³/mol. The van der Waals surface area contributed by atoms with E-state index >= 15 is 0 Å². The largest absolute Gasteiger partial charge is 0.356 e. The Labute approximate surface area is 159 Å². The van der Waals surface area contributed by atoms with Crippen LogP contribution in [0.4, 0.5) is 0 Å². The molecule has 3 heterocycles. The standard InChI is InChI=1S/C20H28N4O3/c1-4-5-6-9-21-18(25)15-7-10-24(11-8-15)20(26)16-12-13(2)22-19-17(16)14(3)23-27-19/h12,15H,4-11H2,1-3H3,(H,21,25). The number of pyridine rings is 1. The van der Waals surface area contributed by atoms with Crippen molar-refractivity contribution in [3.63, 3.8) is 0 Å². The minimum Gasteiger partial charge on any atom is -0.356 e. The van der Waals surface area contributed by atoms with Gasteiger partial charge in [-0.15, -0.1) is 0 Å². The topological polar surface area (TPSA) is 88.3 Å². The Morgan fingerprint density at radius 2 is 2.00 bits per heavy atom. The lowest BCUT2D eigenvalue weighted by atomic mass is 9.95. The molecule has 7 heteroatoms. The Kier molecular flexibility index (Phi) is 6.08. The molecule has 2 amide bonds. The van der Waals surface area contributed by atoms with Gasteiger partial charge in [0.05, 0.1) is 16.6 Å². The Morgan fingerprint density at radius 3 is 2.70 bits per heavy atom. The number of hydrogen-bond donors (Lipinski definition) is 1. The summed E-state index contributed by atoms with van der Waals surface area (Å²) in [6, 6.07) is 1.79. The maximum absolute atomic E-state index is 13.1. The van der Waals surface area contributed by atoms with Crippen molar-refractivity contribution in [3.05, 3.63) is 23.0 Å². The van der Waals surface area contributed by atoms with Crippen molar-refractivity contribution < 1.29 is 14.1 Å². The van der Waals surface area contributed by atoms with Crippen LogP contribution in [0.5, 0.6) is 0 Å². The first-order valence-corrected chi connectivity index (χ1v) is 9.82. The van der Waals surface area contributed by atoms with Gasteiger partial charge in [-0.2, -0.15) is 0 Å². The van der Waals surface area contributed by atoms with E-state index in [-0.39, 0.29) is 17.7 Å². The average Bonchev–Trinajstić information content (AvgIpc) is 3.04. The molecule has 2 aromatic rings. The molecule has 0 bridgehead atoms. The summed E-state index contributed by atoms with van der Waals surface area (Å²) in [5.74, 6) is 0.0704. The van der Waals surface area contributed by atoms with Crippen LogP contribution >= 0.6 is 0 Å². The van der Waals surface area contributed by atoms with Crippen molar-refractivity contribution in [1.82, 2.24) is 20.4 Å². The second kappa shape index (κ2) is 8.50. The van der Waals surface area contributed by atoms with Gasteiger partial charge in [0.25, 0.3) is 11.6 Å². The van der Waals surface area contributed by atoms with Crippen LogP contribution in [0.2, 0.25) is 0 Å². The third kappa shape index (κ3) is 4.28. The van der Waals surface area contributed by atoms with Crippen LogP contribution in [-0.4, -0.2) is 46.5 Å². The van der Waals surface area contributed by atoms with Crippen molar-refractivity contribution in [2.45, 2.75) is 52.9 Å². The quantitative estimate of drug-likeness (QED) is 0.788. The Balaban J connectivity index is 1.62. The number of rotatable bonds is 6. The summed E-state index contributed by atoms with van der Waals surface area (Å²) in [6.07, 6.45) is 4.69. The highest BCUT2D eigenvalue weighted by molar-refractivity contribution is 6.06. The molecule has 0 atom stereocenters. The summed E-state index contributed by atoms with van der Waals surface area (Å²) in [7, 11) is 0. The number of piperidine rings is 1. The van der Waals surface area contributed by atoms with E-state index in [4.69, 9.17) is 4.52 Å². The molecule has 0 spiro atoms. The van der Waals surface area contributed by atoms with E-state index in [0.29, 0.717) is 48.3 Å². The van der Waals surface area contributed by atoms with E-state index in [1.165, 1.54) is 0 Å². The normalized spacial score (nSPS) is 15.3. The summed E-state index contributed by atoms with van der Waals surface area (Å²) >= 11 is 0. The number of fused-ring (bicyclic) bond motifs is 1. The number of nitrogens with one attached hydrogen (secondary N) is 1. The van der Waals surface area contributed by atoms with Crippen molar-refractivity contribution in [3.8, 4) is 0 Å². The first-order chi connectivity index (χ1) is 13.0. The molecular weight excluding hydrogens is 344 g/mol. The number of aromatic nitrogens is 2. The minimum atomic E-state index is -0.0430. The first kappa shape index (κ1) is 19.3. The fraction of sp³-hybridized carbons (Fsp3) is 0.600. The fourth-order valence-electron chi connectivity index (χ4n) is 3.63. The number of unbranched alkanes of at least 4 members (excludes halogenated alkanes) is 2. The van der Waals surface area contributed by atoms with E-state index in [1.807, 2.05) is 18.7 Å². The molecule has 1 aliphatic heterocycles. The number of carbonyl (C=O) groups is 2. The second-order valence-corrected chi connectivity index (χ2v) is 7.32. The van der Waals surface area contributed by atoms with Gasteiger partial charge in [0.1, 0.15) is 0 Å². The minimum absolute atomic E-state index is 0.00722. The van der Waals surface area contributed by atoms with Crippen molar-refractivity contribution >= 4 is 22.9 Å². The zero-order valence-electron chi connectivity index (χ0n) is 16.4. The van der Waals surface area contributed by atoms with Crippen LogP contribution in [0.3, 0.4) is 0 Å². The smallest absolute Gasteiger partial charge is 0.258 e. The highest BCUT2D eigenvalue weighted by atomic mass is 16.5. The predicted octanol–water partition coefficient (Wildman–Crippen LogP) is 3.00. The summed E-state index contributed by atoms with van der Waals surface area (Å²) in [5.41, 5.74) is 2.38. The summed E-state index contributed by atoms with van der Waals surface area (Å²) in [4.78, 5) is 31.5. The lowest BCUT2D eigenvalue weighted by Gasteiger charge is -2.31. The number of carbonyl (C=O) groups excluding carboxylic acids is 2. The monoisotopic (exact) mass is 372 g/mol. The molecule has 3 rings (SSSR count). The highest BCUT2D eigenvalue weighted by Gasteiger charge is 2.29. The molecule has 27 heavy (non-hydrogen) atoms. The Hall–Kier alpha value is -2.44. The van der Waals surface area contributed by atoms with Gasteiger partial charge in [0.2, 0.25) is 5.91 Å². The van der Waals surface area contributed by atoms with Gasteiger partial charge in [-0.1, -0.05) is 24.9 Å². The van der Waals surface area contributed by atoms with Crippen LogP contribution in [-0.2, 0) is 4.79 Å². The summed E-state index contributed by atoms with van der Waals surface area (Å²) in [6.45, 7) is 7.70. The van der Waals surface area contributed by atoms with Crippen LogP contribution < -0.4 is 5.32 Å². The van der Waals surface area contributed by atoms with Crippen molar-refractivity contribution in [1.29, 1.82) is 0 Å². The van der Waals surface area contributed by atoms with Crippen molar-refractivity contribution in [2.24, 2.45) is 5.92 Å². The molecule has 1 saturated heterocycles. The van der Waals surface area contributed by atoms with Crippen LogP contribution in [0.15, 0.2) is 10.6 Å². The maximum atomic E-state index is 13.1. The van der Waals surface area contributed by atoms with Crippen molar-refractivity contribution in [2.75, 3.05) is 19.6 Å². The molecule has 1 aliphatic rings. The zero-order chi connectivity index (χ0) is 19.4. The first-order valence-electron chi connectivity index (χ1n) is 9.82. The molecule has 0 saturated carbocycles. The van der Waals surface area contributed by atoms with Gasteiger partial charge in [0.15, 0.2) is 0 Å². The lowest BCUT2D eigenvalue weighted by Crippen LogP contribution is -2.43. The lowest BCUT2D eigenvalue weighted by molar-refractivity contribution is -0.126. The average molecular weight is 372 g/mol. The van der Waals surface area contributed by atoms with Crippen LogP contribution in [0, 0.1) is 19.8 Å². The third-order valence-electron chi connectivity index (χ3n) is 5.21. The number of aryl methyl sites for hydroxylation is 2. The van der Waals surface area contributed by atoms with Gasteiger partial charge in [0, 0.05) is 31.2 Å².